The number of hydrogen-bond acceptors (Lipinski definition) is 8. The van der Waals surface area contributed by atoms with Crippen molar-refractivity contribution in [3.05, 3.63) is 65.0 Å². The largest absolute Gasteiger partial charge is 0.497 e. The molecule has 1 aromatic carbocycles. The van der Waals surface area contributed by atoms with E-state index in [2.05, 4.69) is 15.2 Å². The average molecular weight is 547 g/mol. The molecular weight excluding hydrogens is 510 g/mol. The van der Waals surface area contributed by atoms with Crippen molar-refractivity contribution in [2.45, 2.75) is 32.4 Å². The normalized spacial score (nSPS) is 14.8. The highest BCUT2D eigenvalue weighted by Gasteiger charge is 2.33. The number of aryl methyl sites for hydroxylation is 1. The van der Waals surface area contributed by atoms with Crippen LogP contribution >= 0.6 is 0 Å². The maximum absolute atomic E-state index is 13.2. The van der Waals surface area contributed by atoms with Crippen LogP contribution in [-0.2, 0) is 20.1 Å². The fraction of sp³-hybridized carbons (Fsp3) is 0.400. The van der Waals surface area contributed by atoms with Crippen molar-refractivity contribution >= 4 is 23.8 Å². The molecule has 1 saturated heterocycles. The van der Waals surface area contributed by atoms with Gasteiger partial charge in [-0.15, -0.1) is 0 Å². The number of carbonyl (C=O) groups is 2. The van der Waals surface area contributed by atoms with Gasteiger partial charge in [0.2, 0.25) is 11.6 Å². The second-order valence-corrected chi connectivity index (χ2v) is 10.0. The number of aldehydes is 1. The molecule has 0 spiro atoms. The Morgan fingerprint density at radius 2 is 1.88 bits per heavy atom. The molecule has 0 saturated carbocycles. The Labute approximate surface area is 234 Å². The highest BCUT2D eigenvalue weighted by atomic mass is 16.5. The summed E-state index contributed by atoms with van der Waals surface area (Å²) in [5.41, 5.74) is 2.96. The lowest BCUT2D eigenvalue weighted by molar-refractivity contribution is -0.659. The number of ether oxygens (including phenoxy) is 3. The van der Waals surface area contributed by atoms with E-state index in [1.165, 1.54) is 6.42 Å². The molecule has 0 unspecified atom stereocenters. The molecule has 1 amide bonds. The first-order chi connectivity index (χ1) is 19.5. The average Bonchev–Trinajstić information content (AvgIpc) is 3.00. The summed E-state index contributed by atoms with van der Waals surface area (Å²) < 4.78 is 18.7. The van der Waals surface area contributed by atoms with Crippen molar-refractivity contribution < 1.29 is 28.4 Å². The second-order valence-electron chi connectivity index (χ2n) is 10.0. The van der Waals surface area contributed by atoms with Crippen LogP contribution in [0.15, 0.2) is 42.7 Å². The van der Waals surface area contributed by atoms with Gasteiger partial charge in [-0.3, -0.25) is 9.59 Å². The van der Waals surface area contributed by atoms with E-state index in [4.69, 9.17) is 14.2 Å². The second kappa shape index (κ2) is 12.3. The zero-order valence-corrected chi connectivity index (χ0v) is 23.3. The predicted octanol–water partition coefficient (Wildman–Crippen LogP) is 3.18. The van der Waals surface area contributed by atoms with E-state index in [-0.39, 0.29) is 5.91 Å². The summed E-state index contributed by atoms with van der Waals surface area (Å²) in [6, 6.07) is 9.47. The minimum Gasteiger partial charge on any atom is -0.497 e. The number of nitrogens with zero attached hydrogens (tertiary/aromatic N) is 4. The molecule has 4 heterocycles. The van der Waals surface area contributed by atoms with Crippen LogP contribution in [0.25, 0.3) is 0 Å². The van der Waals surface area contributed by atoms with Gasteiger partial charge in [-0.05, 0) is 30.9 Å². The summed E-state index contributed by atoms with van der Waals surface area (Å²) in [6.45, 7) is 3.64. The standard InChI is InChI=1S/C30H36N5O5/c1-33-19-23(30(37)34-9-5-4-6-10-34)13-27-29(33)35(11-12-40-27)28-14-22(24(20-36)18-32-28)17-31-16-21-7-8-25(38-2)15-26(21)39-3/h7-8,13-15,18-20,31H,4-6,9-12,16-17H2,1-3H3/q+1. The maximum Gasteiger partial charge on any atom is 0.325 e. The Kier molecular flexibility index (Phi) is 8.45. The Balaban J connectivity index is 1.36. The molecule has 0 atom stereocenters. The van der Waals surface area contributed by atoms with Crippen molar-refractivity contribution in [1.82, 2.24) is 15.2 Å². The smallest absolute Gasteiger partial charge is 0.325 e. The molecule has 0 bridgehead atoms. The van der Waals surface area contributed by atoms with Crippen LogP contribution in [-0.4, -0.2) is 62.5 Å². The van der Waals surface area contributed by atoms with Gasteiger partial charge in [-0.2, -0.15) is 0 Å². The Bertz CT molecular complexity index is 1390. The summed E-state index contributed by atoms with van der Waals surface area (Å²) in [4.78, 5) is 33.6. The van der Waals surface area contributed by atoms with Crippen LogP contribution in [0.5, 0.6) is 17.2 Å². The molecule has 10 nitrogen and oxygen atoms in total. The molecule has 1 fully saturated rings. The Hall–Kier alpha value is -4.18. The summed E-state index contributed by atoms with van der Waals surface area (Å²) in [5.74, 6) is 3.66. The molecule has 2 aromatic heterocycles. The number of benzene rings is 1. The highest BCUT2D eigenvalue weighted by Crippen LogP contribution is 2.34. The zero-order chi connectivity index (χ0) is 28.1. The SMILES string of the molecule is COc1ccc(CNCc2cc(N3CCOc4cc(C(=O)N5CCCCC5)c[n+](C)c43)ncc2C=O)c(OC)c1. The van der Waals surface area contributed by atoms with Crippen LogP contribution in [0.3, 0.4) is 0 Å². The van der Waals surface area contributed by atoms with E-state index in [9.17, 15) is 9.59 Å². The van der Waals surface area contributed by atoms with Gasteiger partial charge in [0.25, 0.3) is 5.91 Å². The number of likely N-dealkylation sites (tertiary alicyclic amines) is 1. The summed E-state index contributed by atoms with van der Waals surface area (Å²) in [7, 11) is 5.16. The Morgan fingerprint density at radius 1 is 1.07 bits per heavy atom. The molecule has 210 valence electrons. The zero-order valence-electron chi connectivity index (χ0n) is 23.3. The van der Waals surface area contributed by atoms with Crippen molar-refractivity contribution in [1.29, 1.82) is 0 Å². The molecule has 5 rings (SSSR count). The highest BCUT2D eigenvalue weighted by molar-refractivity contribution is 5.94. The topological polar surface area (TPSA) is 97.1 Å². The Morgan fingerprint density at radius 3 is 2.62 bits per heavy atom. The van der Waals surface area contributed by atoms with E-state index in [0.717, 1.165) is 60.7 Å². The van der Waals surface area contributed by atoms with Crippen LogP contribution in [0, 0.1) is 0 Å². The monoisotopic (exact) mass is 546 g/mol. The van der Waals surface area contributed by atoms with Gasteiger partial charge in [0.15, 0.2) is 6.29 Å². The number of anilines is 2. The first-order valence-electron chi connectivity index (χ1n) is 13.6. The van der Waals surface area contributed by atoms with Gasteiger partial charge in [0.1, 0.15) is 30.8 Å². The number of aromatic nitrogens is 2. The maximum atomic E-state index is 13.2. The molecule has 2 aliphatic heterocycles. The number of amides is 1. The van der Waals surface area contributed by atoms with Crippen LogP contribution < -0.4 is 29.0 Å². The number of carbonyl (C=O) groups excluding carboxylic acids is 2. The molecule has 1 N–H and O–H groups in total. The first-order valence-corrected chi connectivity index (χ1v) is 13.6. The third-order valence-electron chi connectivity index (χ3n) is 7.43. The van der Waals surface area contributed by atoms with E-state index in [0.29, 0.717) is 48.9 Å². The lowest BCUT2D eigenvalue weighted by atomic mass is 10.1. The minimum absolute atomic E-state index is 0.0362. The molecule has 3 aromatic rings. The molecule has 0 aliphatic carbocycles. The summed E-state index contributed by atoms with van der Waals surface area (Å²) >= 11 is 0. The first kappa shape index (κ1) is 27.4. The van der Waals surface area contributed by atoms with Crippen molar-refractivity contribution in [2.24, 2.45) is 7.05 Å². The van der Waals surface area contributed by atoms with Crippen LogP contribution in [0.1, 0.15) is 51.1 Å². The van der Waals surface area contributed by atoms with Gasteiger partial charge < -0.3 is 24.4 Å². The quantitative estimate of drug-likeness (QED) is 0.323. The van der Waals surface area contributed by atoms with Crippen LogP contribution in [0.4, 0.5) is 11.6 Å². The van der Waals surface area contributed by atoms with Gasteiger partial charge in [0.05, 0.1) is 26.8 Å². The van der Waals surface area contributed by atoms with Crippen molar-refractivity contribution in [2.75, 3.05) is 45.4 Å². The number of rotatable bonds is 9. The lowest BCUT2D eigenvalue weighted by Crippen LogP contribution is -2.44. The predicted molar refractivity (Wildman–Crippen MR) is 150 cm³/mol. The summed E-state index contributed by atoms with van der Waals surface area (Å²) in [5, 5.41) is 3.42. The van der Waals surface area contributed by atoms with Gasteiger partial charge in [0, 0.05) is 61.7 Å². The number of hydrogen-bond donors (Lipinski definition) is 1. The molecule has 10 heteroatoms. The number of pyridine rings is 2. The van der Waals surface area contributed by atoms with E-state index in [1.54, 1.807) is 20.4 Å². The van der Waals surface area contributed by atoms with Crippen molar-refractivity contribution in [3.63, 3.8) is 0 Å². The lowest BCUT2D eigenvalue weighted by Gasteiger charge is -2.28. The van der Waals surface area contributed by atoms with Gasteiger partial charge >= 0.3 is 5.82 Å². The van der Waals surface area contributed by atoms with Crippen LogP contribution in [0.2, 0.25) is 0 Å². The van der Waals surface area contributed by atoms with E-state index < -0.39 is 0 Å². The number of methoxy groups -OCH3 is 2. The third-order valence-corrected chi connectivity index (χ3v) is 7.43. The molecule has 0 radical (unpaired) electrons. The molecule has 40 heavy (non-hydrogen) atoms. The van der Waals surface area contributed by atoms with Crippen molar-refractivity contribution in [3.8, 4) is 17.2 Å². The fourth-order valence-corrected chi connectivity index (χ4v) is 5.32. The van der Waals surface area contributed by atoms with Gasteiger partial charge in [-0.25, -0.2) is 14.5 Å². The minimum atomic E-state index is 0.0362. The summed E-state index contributed by atoms with van der Waals surface area (Å²) in [6.07, 6.45) is 7.55. The van der Waals surface area contributed by atoms with E-state index in [1.807, 2.05) is 53.0 Å². The molecule has 2 aliphatic rings. The van der Waals surface area contributed by atoms with E-state index >= 15 is 0 Å². The fourth-order valence-electron chi connectivity index (χ4n) is 5.32. The number of piperidine rings is 1. The number of fused-ring (bicyclic) bond motifs is 1. The third kappa shape index (κ3) is 5.72. The molecular formula is C30H36N5O5+. The number of nitrogens with one attached hydrogen (secondary N) is 1. The van der Waals surface area contributed by atoms with Gasteiger partial charge in [-0.1, -0.05) is 6.07 Å².